The predicted octanol–water partition coefficient (Wildman–Crippen LogP) is 6.39. The van der Waals surface area contributed by atoms with Gasteiger partial charge in [0, 0.05) is 25.8 Å². The third-order valence-corrected chi connectivity index (χ3v) is 8.64. The van der Waals surface area contributed by atoms with E-state index in [0.29, 0.717) is 35.2 Å². The largest absolute Gasteiger partial charge is 0.303 e. The summed E-state index contributed by atoms with van der Waals surface area (Å²) in [6.45, 7) is 7.07. The number of aromatic nitrogens is 4. The summed E-state index contributed by atoms with van der Waals surface area (Å²) >= 11 is 0. The molecule has 0 atom stereocenters. The molecule has 1 fully saturated rings. The van der Waals surface area contributed by atoms with Gasteiger partial charge in [-0.15, -0.1) is 5.10 Å². The number of fused-ring (bicyclic) bond motifs is 1. The van der Waals surface area contributed by atoms with Crippen molar-refractivity contribution in [2.24, 2.45) is 4.99 Å². The molecule has 4 heterocycles. The number of amidine groups is 1. The van der Waals surface area contributed by atoms with Crippen LogP contribution < -0.4 is 0 Å². The summed E-state index contributed by atoms with van der Waals surface area (Å²) in [5.41, 5.74) is 2.06. The highest BCUT2D eigenvalue weighted by Crippen LogP contribution is 2.41. The van der Waals surface area contributed by atoms with Gasteiger partial charge in [0.15, 0.2) is 11.4 Å². The number of para-hydroxylation sites is 1. The number of piperidine rings is 1. The summed E-state index contributed by atoms with van der Waals surface area (Å²) in [7, 11) is 0. The minimum absolute atomic E-state index is 0.270. The molecular formula is C36H37F2N7O. The highest BCUT2D eigenvalue weighted by Gasteiger charge is 2.51. The maximum absolute atomic E-state index is 14.5. The first-order valence-corrected chi connectivity index (χ1v) is 15.9. The van der Waals surface area contributed by atoms with Crippen molar-refractivity contribution < 1.29 is 13.6 Å². The zero-order valence-electron chi connectivity index (χ0n) is 26.1. The molecule has 0 aliphatic carbocycles. The summed E-state index contributed by atoms with van der Waals surface area (Å²) < 4.78 is 30.0. The van der Waals surface area contributed by atoms with Crippen molar-refractivity contribution >= 4 is 22.8 Å². The van der Waals surface area contributed by atoms with Gasteiger partial charge in [0.25, 0.3) is 5.91 Å². The van der Waals surface area contributed by atoms with Crippen LogP contribution in [0.5, 0.6) is 0 Å². The topological polar surface area (TPSA) is 79.5 Å². The van der Waals surface area contributed by atoms with Crippen molar-refractivity contribution in [1.82, 2.24) is 29.8 Å². The Labute approximate surface area is 267 Å². The summed E-state index contributed by atoms with van der Waals surface area (Å²) in [6.07, 6.45) is 4.32. The van der Waals surface area contributed by atoms with Crippen LogP contribution in [0.3, 0.4) is 0 Å². The lowest BCUT2D eigenvalue weighted by atomic mass is 9.82. The minimum atomic E-state index is -1.49. The Morgan fingerprint density at radius 1 is 0.804 bits per heavy atom. The first-order valence-electron chi connectivity index (χ1n) is 15.9. The van der Waals surface area contributed by atoms with E-state index in [1.807, 2.05) is 50.2 Å². The molecule has 0 N–H and O–H groups in total. The Morgan fingerprint density at radius 3 is 2.07 bits per heavy atom. The summed E-state index contributed by atoms with van der Waals surface area (Å²) in [6, 6.07) is 25.4. The molecule has 10 heteroatoms. The van der Waals surface area contributed by atoms with Crippen LogP contribution in [0.25, 0.3) is 11.0 Å². The van der Waals surface area contributed by atoms with E-state index in [2.05, 4.69) is 30.9 Å². The van der Waals surface area contributed by atoms with Gasteiger partial charge in [0.05, 0.1) is 11.6 Å². The number of carbonyl (C=O) groups is 1. The molecule has 0 saturated carbocycles. The number of nitrogens with zero attached hydrogens (tertiary/aromatic N) is 7. The Balaban J connectivity index is 0.00000182. The Bertz CT molecular complexity index is 1750. The van der Waals surface area contributed by atoms with Crippen LogP contribution in [0.1, 0.15) is 56.0 Å². The zero-order chi connectivity index (χ0) is 32.1. The van der Waals surface area contributed by atoms with Gasteiger partial charge >= 0.3 is 0 Å². The monoisotopic (exact) mass is 621 g/mol. The van der Waals surface area contributed by atoms with Crippen LogP contribution in [0.15, 0.2) is 102 Å². The van der Waals surface area contributed by atoms with Crippen LogP contribution in [0.2, 0.25) is 0 Å². The average Bonchev–Trinajstić information content (AvgIpc) is 3.67. The lowest BCUT2D eigenvalue weighted by Crippen LogP contribution is -2.43. The number of rotatable bonds is 8. The van der Waals surface area contributed by atoms with Gasteiger partial charge in [0.2, 0.25) is 0 Å². The van der Waals surface area contributed by atoms with E-state index < -0.39 is 17.2 Å². The van der Waals surface area contributed by atoms with Crippen LogP contribution in [-0.4, -0.2) is 67.7 Å². The molecule has 2 aliphatic rings. The molecule has 0 unspecified atom stereocenters. The molecule has 0 spiro atoms. The molecular weight excluding hydrogens is 584 g/mol. The van der Waals surface area contributed by atoms with Gasteiger partial charge in [-0.1, -0.05) is 61.5 Å². The van der Waals surface area contributed by atoms with Crippen LogP contribution >= 0.6 is 0 Å². The number of hydrogen-bond donors (Lipinski definition) is 0. The second kappa shape index (κ2) is 13.7. The number of pyridine rings is 1. The number of hydrogen-bond acceptors (Lipinski definition) is 6. The summed E-state index contributed by atoms with van der Waals surface area (Å²) in [5.74, 6) is -0.658. The zero-order valence-corrected chi connectivity index (χ0v) is 26.1. The van der Waals surface area contributed by atoms with Crippen molar-refractivity contribution in [3.05, 3.63) is 126 Å². The fourth-order valence-electron chi connectivity index (χ4n) is 6.38. The van der Waals surface area contributed by atoms with Gasteiger partial charge in [0.1, 0.15) is 22.8 Å². The second-order valence-electron chi connectivity index (χ2n) is 11.3. The fourth-order valence-corrected chi connectivity index (χ4v) is 6.38. The second-order valence-corrected chi connectivity index (χ2v) is 11.3. The first-order chi connectivity index (χ1) is 22.5. The molecule has 0 bridgehead atoms. The van der Waals surface area contributed by atoms with Crippen LogP contribution in [0.4, 0.5) is 8.78 Å². The highest BCUT2D eigenvalue weighted by molar-refractivity contribution is 6.16. The molecule has 236 valence electrons. The van der Waals surface area contributed by atoms with Gasteiger partial charge in [-0.05, 0) is 85.5 Å². The van der Waals surface area contributed by atoms with Gasteiger partial charge in [-0.2, -0.15) is 0 Å². The number of likely N-dealkylation sites (tertiary alicyclic amines) is 1. The van der Waals surface area contributed by atoms with Crippen LogP contribution in [-0.2, 0) is 10.3 Å². The number of amides is 1. The van der Waals surface area contributed by atoms with E-state index in [1.54, 1.807) is 35.4 Å². The van der Waals surface area contributed by atoms with E-state index in [1.165, 1.54) is 24.3 Å². The molecule has 0 radical (unpaired) electrons. The lowest BCUT2D eigenvalue weighted by molar-refractivity contribution is -0.130. The third kappa shape index (κ3) is 5.92. The molecule has 3 aromatic carbocycles. The minimum Gasteiger partial charge on any atom is -0.303 e. The van der Waals surface area contributed by atoms with Crippen molar-refractivity contribution in [3.8, 4) is 0 Å². The standard InChI is InChI=1S/C34H31F2N7O.C2H6/c35-26-13-9-24(10-14-26)34(25-11-15-27(36)16-12-25)33(44)42(32(38-34)30-7-3-4-19-37-30)21-5-20-41-22-17-28(18-23-41)43-31-8-2-1-6-29(31)39-40-43;1-2/h1-4,6-16,19,28H,5,17-18,20-23H2;1-2H3. The van der Waals surface area contributed by atoms with Crippen molar-refractivity contribution in [1.29, 1.82) is 0 Å². The number of carbonyl (C=O) groups excluding carboxylic acids is 1. The van der Waals surface area contributed by atoms with Crippen molar-refractivity contribution in [2.45, 2.75) is 44.7 Å². The molecule has 46 heavy (non-hydrogen) atoms. The normalized spacial score (nSPS) is 16.7. The number of benzene rings is 3. The molecule has 8 nitrogen and oxygen atoms in total. The molecule has 5 aromatic rings. The van der Waals surface area contributed by atoms with E-state index in [9.17, 15) is 13.6 Å². The smallest absolute Gasteiger partial charge is 0.265 e. The van der Waals surface area contributed by atoms with E-state index in [-0.39, 0.29) is 5.91 Å². The van der Waals surface area contributed by atoms with Crippen molar-refractivity contribution in [2.75, 3.05) is 26.2 Å². The molecule has 1 amide bonds. The fraction of sp³-hybridized carbons (Fsp3) is 0.306. The molecule has 7 rings (SSSR count). The SMILES string of the molecule is CC.O=C1N(CCCN2CCC(n3nnc4ccccc43)CC2)C(c2ccccn2)=NC1(c1ccc(F)cc1)c1ccc(F)cc1. The average molecular weight is 622 g/mol. The van der Waals surface area contributed by atoms with E-state index in [4.69, 9.17) is 4.99 Å². The van der Waals surface area contributed by atoms with Gasteiger partial charge < -0.3 is 4.90 Å². The molecule has 2 aliphatic heterocycles. The summed E-state index contributed by atoms with van der Waals surface area (Å²) in [4.78, 5) is 28.2. The molecule has 2 aromatic heterocycles. The van der Waals surface area contributed by atoms with Crippen LogP contribution in [0, 0.1) is 11.6 Å². The maximum atomic E-state index is 14.5. The Morgan fingerprint density at radius 2 is 1.43 bits per heavy atom. The number of aliphatic imine (C=N–C) groups is 1. The maximum Gasteiger partial charge on any atom is 0.265 e. The first kappa shape index (κ1) is 31.2. The van der Waals surface area contributed by atoms with Gasteiger partial charge in [-0.3, -0.25) is 14.7 Å². The lowest BCUT2D eigenvalue weighted by Gasteiger charge is -2.32. The van der Waals surface area contributed by atoms with E-state index in [0.717, 1.165) is 49.9 Å². The Hall–Kier alpha value is -4.83. The van der Waals surface area contributed by atoms with Crippen molar-refractivity contribution in [3.63, 3.8) is 0 Å². The van der Waals surface area contributed by atoms with E-state index >= 15 is 0 Å². The summed E-state index contributed by atoms with van der Waals surface area (Å²) in [5, 5.41) is 8.74. The molecule has 1 saturated heterocycles. The highest BCUT2D eigenvalue weighted by atomic mass is 19.1. The van der Waals surface area contributed by atoms with Gasteiger partial charge in [-0.25, -0.2) is 18.5 Å². The quantitative estimate of drug-likeness (QED) is 0.201. The number of halogens is 2. The third-order valence-electron chi connectivity index (χ3n) is 8.64. The predicted molar refractivity (Wildman–Crippen MR) is 174 cm³/mol. The Kier molecular flexibility index (Phi) is 9.25.